The molecule has 4 nitrogen and oxygen atoms in total. The number of hydrogen-bond donors (Lipinski definition) is 2. The smallest absolute Gasteiger partial charge is 0.326 e. The zero-order valence-electron chi connectivity index (χ0n) is 11.9. The molecule has 1 amide bonds. The molecule has 0 aliphatic carbocycles. The lowest BCUT2D eigenvalue weighted by molar-refractivity contribution is -0.141. The van der Waals surface area contributed by atoms with Crippen molar-refractivity contribution < 1.29 is 14.7 Å². The third-order valence-corrected chi connectivity index (χ3v) is 3.65. The lowest BCUT2D eigenvalue weighted by atomic mass is 10.1. The van der Waals surface area contributed by atoms with Crippen molar-refractivity contribution in [2.75, 3.05) is 12.0 Å². The highest BCUT2D eigenvalue weighted by atomic mass is 32.2. The van der Waals surface area contributed by atoms with Gasteiger partial charge in [-0.25, -0.2) is 4.79 Å². The normalized spacial score (nSPS) is 11.9. The molecule has 20 heavy (non-hydrogen) atoms. The van der Waals surface area contributed by atoms with Gasteiger partial charge in [0.15, 0.2) is 0 Å². The Morgan fingerprint density at radius 2 is 1.95 bits per heavy atom. The first-order valence-electron chi connectivity index (χ1n) is 6.59. The average molecular weight is 295 g/mol. The first kappa shape index (κ1) is 16.6. The first-order chi connectivity index (χ1) is 9.52. The monoisotopic (exact) mass is 295 g/mol. The molecule has 0 heterocycles. The lowest BCUT2D eigenvalue weighted by Gasteiger charge is -2.13. The van der Waals surface area contributed by atoms with Gasteiger partial charge >= 0.3 is 5.97 Å². The summed E-state index contributed by atoms with van der Waals surface area (Å²) in [6.45, 7) is 2.01. The maximum Gasteiger partial charge on any atom is 0.326 e. The molecule has 5 heteroatoms. The largest absolute Gasteiger partial charge is 0.480 e. The van der Waals surface area contributed by atoms with Gasteiger partial charge in [0.1, 0.15) is 6.04 Å². The maximum absolute atomic E-state index is 11.8. The lowest BCUT2D eigenvalue weighted by Crippen LogP contribution is -2.41. The third kappa shape index (κ3) is 6.10. The zero-order valence-corrected chi connectivity index (χ0v) is 12.7. The van der Waals surface area contributed by atoms with Crippen LogP contribution in [-0.2, 0) is 16.0 Å². The number of carbonyl (C=O) groups excluding carboxylic acids is 1. The molecule has 0 aliphatic heterocycles. The SMILES string of the molecule is CSCC[C@H](NC(=O)CCc1ccc(C)cc1)C(=O)O. The molecule has 0 fully saturated rings. The van der Waals surface area contributed by atoms with Crippen LogP contribution in [0.5, 0.6) is 0 Å². The number of rotatable bonds is 8. The van der Waals surface area contributed by atoms with E-state index in [0.717, 1.165) is 11.3 Å². The summed E-state index contributed by atoms with van der Waals surface area (Å²) in [6.07, 6.45) is 3.30. The Balaban J connectivity index is 2.41. The van der Waals surface area contributed by atoms with Crippen molar-refractivity contribution in [3.8, 4) is 0 Å². The van der Waals surface area contributed by atoms with Gasteiger partial charge in [0, 0.05) is 6.42 Å². The van der Waals surface area contributed by atoms with Crippen molar-refractivity contribution in [1.29, 1.82) is 0 Å². The molecular weight excluding hydrogens is 274 g/mol. The highest BCUT2D eigenvalue weighted by molar-refractivity contribution is 7.98. The highest BCUT2D eigenvalue weighted by Crippen LogP contribution is 2.06. The average Bonchev–Trinajstić information content (AvgIpc) is 2.42. The predicted molar refractivity (Wildman–Crippen MR) is 82.1 cm³/mol. The molecule has 0 radical (unpaired) electrons. The van der Waals surface area contributed by atoms with Crippen molar-refractivity contribution >= 4 is 23.6 Å². The van der Waals surface area contributed by atoms with Gasteiger partial charge in [-0.3, -0.25) is 4.79 Å². The number of carbonyl (C=O) groups is 2. The quantitative estimate of drug-likeness (QED) is 0.772. The van der Waals surface area contributed by atoms with E-state index in [0.29, 0.717) is 19.3 Å². The third-order valence-electron chi connectivity index (χ3n) is 3.01. The standard InChI is InChI=1S/C15H21NO3S/c1-11-3-5-12(6-4-11)7-8-14(17)16-13(15(18)19)9-10-20-2/h3-6,13H,7-10H2,1-2H3,(H,16,17)(H,18,19)/t13-/m0/s1. The van der Waals surface area contributed by atoms with Gasteiger partial charge in [-0.15, -0.1) is 0 Å². The topological polar surface area (TPSA) is 66.4 Å². The van der Waals surface area contributed by atoms with Crippen molar-refractivity contribution in [3.63, 3.8) is 0 Å². The molecule has 0 saturated heterocycles. The molecule has 0 spiro atoms. The Bertz CT molecular complexity index is 445. The van der Waals surface area contributed by atoms with E-state index >= 15 is 0 Å². The summed E-state index contributed by atoms with van der Waals surface area (Å²) in [5, 5.41) is 11.6. The maximum atomic E-state index is 11.8. The van der Waals surface area contributed by atoms with Gasteiger partial charge in [0.05, 0.1) is 0 Å². The molecule has 1 aromatic carbocycles. The molecule has 1 atom stereocenters. The van der Waals surface area contributed by atoms with Crippen LogP contribution < -0.4 is 5.32 Å². The van der Waals surface area contributed by atoms with Crippen LogP contribution in [0.25, 0.3) is 0 Å². The number of carboxylic acids is 1. The van der Waals surface area contributed by atoms with Crippen molar-refractivity contribution in [2.45, 2.75) is 32.2 Å². The molecule has 1 aromatic rings. The molecule has 0 unspecified atom stereocenters. The summed E-state index contributed by atoms with van der Waals surface area (Å²) in [5.74, 6) is -0.461. The van der Waals surface area contributed by atoms with Crippen molar-refractivity contribution in [2.24, 2.45) is 0 Å². The second kappa shape index (κ2) is 8.64. The van der Waals surface area contributed by atoms with Crippen LogP contribution >= 0.6 is 11.8 Å². The van der Waals surface area contributed by atoms with E-state index in [9.17, 15) is 9.59 Å². The van der Waals surface area contributed by atoms with Gasteiger partial charge in [0.2, 0.25) is 5.91 Å². The van der Waals surface area contributed by atoms with Crippen LogP contribution in [0, 0.1) is 6.92 Å². The number of amides is 1. The van der Waals surface area contributed by atoms with E-state index in [4.69, 9.17) is 5.11 Å². The Kier molecular flexibility index (Phi) is 7.15. The Labute approximate surface area is 124 Å². The minimum absolute atomic E-state index is 0.209. The summed E-state index contributed by atoms with van der Waals surface area (Å²) in [5.41, 5.74) is 2.27. The minimum Gasteiger partial charge on any atom is -0.480 e. The summed E-state index contributed by atoms with van der Waals surface area (Å²) >= 11 is 1.57. The fraction of sp³-hybridized carbons (Fsp3) is 0.467. The number of aryl methyl sites for hydroxylation is 2. The first-order valence-corrected chi connectivity index (χ1v) is 7.99. The van der Waals surface area contributed by atoms with Gasteiger partial charge in [0.25, 0.3) is 0 Å². The predicted octanol–water partition coefficient (Wildman–Crippen LogP) is 2.25. The fourth-order valence-electron chi connectivity index (χ4n) is 1.77. The number of benzene rings is 1. The number of nitrogens with one attached hydrogen (secondary N) is 1. The summed E-state index contributed by atoms with van der Waals surface area (Å²) in [6, 6.07) is 7.21. The fourth-order valence-corrected chi connectivity index (χ4v) is 2.24. The second-order valence-corrected chi connectivity index (χ2v) is 5.71. The van der Waals surface area contributed by atoms with E-state index in [1.165, 1.54) is 5.56 Å². The molecule has 110 valence electrons. The number of hydrogen-bond acceptors (Lipinski definition) is 3. The molecule has 2 N–H and O–H groups in total. The summed E-state index contributed by atoms with van der Waals surface area (Å²) in [7, 11) is 0. The molecule has 0 aliphatic rings. The zero-order chi connectivity index (χ0) is 15.0. The highest BCUT2D eigenvalue weighted by Gasteiger charge is 2.18. The molecule has 1 rings (SSSR count). The van der Waals surface area contributed by atoms with Crippen LogP contribution in [0.1, 0.15) is 24.0 Å². The van der Waals surface area contributed by atoms with Gasteiger partial charge < -0.3 is 10.4 Å². The van der Waals surface area contributed by atoms with E-state index in [-0.39, 0.29) is 5.91 Å². The van der Waals surface area contributed by atoms with Crippen LogP contribution in [0.4, 0.5) is 0 Å². The van der Waals surface area contributed by atoms with E-state index < -0.39 is 12.0 Å². The van der Waals surface area contributed by atoms with E-state index in [1.807, 2.05) is 37.4 Å². The Hall–Kier alpha value is -1.49. The van der Waals surface area contributed by atoms with Crippen LogP contribution in [0.2, 0.25) is 0 Å². The minimum atomic E-state index is -0.970. The van der Waals surface area contributed by atoms with Crippen LogP contribution in [0.3, 0.4) is 0 Å². The van der Waals surface area contributed by atoms with Gasteiger partial charge in [-0.1, -0.05) is 29.8 Å². The van der Waals surface area contributed by atoms with E-state index in [1.54, 1.807) is 11.8 Å². The molecule has 0 saturated carbocycles. The number of carboxylic acid groups (broad SMARTS) is 1. The number of aliphatic carboxylic acids is 1. The molecular formula is C15H21NO3S. The summed E-state index contributed by atoms with van der Waals surface area (Å²) < 4.78 is 0. The molecule has 0 bridgehead atoms. The molecule has 0 aromatic heterocycles. The van der Waals surface area contributed by atoms with E-state index in [2.05, 4.69) is 5.32 Å². The number of thioether (sulfide) groups is 1. The Morgan fingerprint density at radius 1 is 1.30 bits per heavy atom. The van der Waals surface area contributed by atoms with Crippen molar-refractivity contribution in [3.05, 3.63) is 35.4 Å². The van der Waals surface area contributed by atoms with Gasteiger partial charge in [-0.2, -0.15) is 11.8 Å². The van der Waals surface area contributed by atoms with Crippen LogP contribution in [-0.4, -0.2) is 35.0 Å². The van der Waals surface area contributed by atoms with Crippen molar-refractivity contribution in [1.82, 2.24) is 5.32 Å². The second-order valence-electron chi connectivity index (χ2n) is 4.73. The van der Waals surface area contributed by atoms with Gasteiger partial charge in [-0.05, 0) is 37.3 Å². The van der Waals surface area contributed by atoms with Crippen LogP contribution in [0.15, 0.2) is 24.3 Å². The Morgan fingerprint density at radius 3 is 2.50 bits per heavy atom. The summed E-state index contributed by atoms with van der Waals surface area (Å²) in [4.78, 5) is 22.8.